The van der Waals surface area contributed by atoms with Crippen molar-refractivity contribution in [2.24, 2.45) is 5.92 Å². The van der Waals surface area contributed by atoms with Gasteiger partial charge in [-0.3, -0.25) is 9.59 Å². The molecular weight excluding hydrogens is 380 g/mol. The SMILES string of the molecule is C[C@H]1CCCN(C(=O)COC(=O)c2ccccc2C(=O)N(C)Cc2ccccc2)C1. The third-order valence-electron chi connectivity index (χ3n) is 5.32. The highest BCUT2D eigenvalue weighted by atomic mass is 16.5. The number of amides is 2. The van der Waals surface area contributed by atoms with Crippen LogP contribution in [0.25, 0.3) is 0 Å². The van der Waals surface area contributed by atoms with Gasteiger partial charge in [0, 0.05) is 26.7 Å². The minimum Gasteiger partial charge on any atom is -0.452 e. The van der Waals surface area contributed by atoms with Gasteiger partial charge in [0.05, 0.1) is 11.1 Å². The molecular formula is C24H28N2O4. The van der Waals surface area contributed by atoms with Gasteiger partial charge in [-0.25, -0.2) is 4.79 Å². The van der Waals surface area contributed by atoms with Crippen LogP contribution in [0, 0.1) is 5.92 Å². The van der Waals surface area contributed by atoms with E-state index in [-0.39, 0.29) is 29.5 Å². The number of esters is 1. The first-order valence-electron chi connectivity index (χ1n) is 10.3. The molecule has 1 aliphatic heterocycles. The van der Waals surface area contributed by atoms with Crippen LogP contribution in [0.15, 0.2) is 54.6 Å². The molecule has 2 amide bonds. The molecule has 1 saturated heterocycles. The average Bonchev–Trinajstić information content (AvgIpc) is 2.77. The van der Waals surface area contributed by atoms with E-state index >= 15 is 0 Å². The van der Waals surface area contributed by atoms with Crippen molar-refractivity contribution in [2.75, 3.05) is 26.7 Å². The highest BCUT2D eigenvalue weighted by molar-refractivity contribution is 6.05. The second kappa shape index (κ2) is 10.1. The Hall–Kier alpha value is -3.15. The lowest BCUT2D eigenvalue weighted by Gasteiger charge is -2.30. The predicted octanol–water partition coefficient (Wildman–Crippen LogP) is 3.37. The second-order valence-corrected chi connectivity index (χ2v) is 7.86. The Kier molecular flexibility index (Phi) is 7.22. The summed E-state index contributed by atoms with van der Waals surface area (Å²) in [5.41, 5.74) is 1.43. The van der Waals surface area contributed by atoms with Crippen LogP contribution < -0.4 is 0 Å². The predicted molar refractivity (Wildman–Crippen MR) is 114 cm³/mol. The Morgan fingerprint density at radius 3 is 2.40 bits per heavy atom. The van der Waals surface area contributed by atoms with Gasteiger partial charge in [0.1, 0.15) is 0 Å². The number of piperidine rings is 1. The standard InChI is InChI=1S/C24H28N2O4/c1-18-9-8-14-26(15-18)22(27)17-30-24(29)21-13-7-6-12-20(21)23(28)25(2)16-19-10-4-3-5-11-19/h3-7,10-13,18H,8-9,14-17H2,1-2H3/t18-/m0/s1. The molecule has 2 aromatic rings. The summed E-state index contributed by atoms with van der Waals surface area (Å²) in [5.74, 6) is -0.676. The molecule has 0 aromatic heterocycles. The number of nitrogens with zero attached hydrogens (tertiary/aromatic N) is 2. The number of rotatable bonds is 6. The summed E-state index contributed by atoms with van der Waals surface area (Å²) in [4.78, 5) is 41.3. The van der Waals surface area contributed by atoms with E-state index in [1.54, 1.807) is 41.1 Å². The lowest BCUT2D eigenvalue weighted by Crippen LogP contribution is -2.41. The number of likely N-dealkylation sites (tertiary alicyclic amines) is 1. The van der Waals surface area contributed by atoms with E-state index < -0.39 is 5.97 Å². The average molecular weight is 408 g/mol. The van der Waals surface area contributed by atoms with Crippen molar-refractivity contribution in [3.05, 3.63) is 71.3 Å². The molecule has 3 rings (SSSR count). The molecule has 0 spiro atoms. The summed E-state index contributed by atoms with van der Waals surface area (Å²) in [6, 6.07) is 16.2. The van der Waals surface area contributed by atoms with Crippen LogP contribution in [0.2, 0.25) is 0 Å². The van der Waals surface area contributed by atoms with Gasteiger partial charge in [-0.2, -0.15) is 0 Å². The minimum absolute atomic E-state index is 0.169. The van der Waals surface area contributed by atoms with Gasteiger partial charge in [0.2, 0.25) is 0 Å². The first kappa shape index (κ1) is 21.6. The van der Waals surface area contributed by atoms with Crippen molar-refractivity contribution >= 4 is 17.8 Å². The van der Waals surface area contributed by atoms with Crippen molar-refractivity contribution in [2.45, 2.75) is 26.3 Å². The first-order chi connectivity index (χ1) is 14.5. The Morgan fingerprint density at radius 2 is 1.70 bits per heavy atom. The van der Waals surface area contributed by atoms with E-state index in [4.69, 9.17) is 4.74 Å². The monoisotopic (exact) mass is 408 g/mol. The van der Waals surface area contributed by atoms with E-state index in [2.05, 4.69) is 6.92 Å². The number of hydrogen-bond acceptors (Lipinski definition) is 4. The summed E-state index contributed by atoms with van der Waals surface area (Å²) in [5, 5.41) is 0. The summed E-state index contributed by atoms with van der Waals surface area (Å²) in [6.07, 6.45) is 2.07. The highest BCUT2D eigenvalue weighted by Crippen LogP contribution is 2.17. The molecule has 0 saturated carbocycles. The molecule has 0 aliphatic carbocycles. The summed E-state index contributed by atoms with van der Waals surface area (Å²) in [6.45, 7) is 3.61. The molecule has 2 aromatic carbocycles. The highest BCUT2D eigenvalue weighted by Gasteiger charge is 2.24. The van der Waals surface area contributed by atoms with Gasteiger partial charge < -0.3 is 14.5 Å². The van der Waals surface area contributed by atoms with Gasteiger partial charge in [0.25, 0.3) is 11.8 Å². The fourth-order valence-corrected chi connectivity index (χ4v) is 3.69. The van der Waals surface area contributed by atoms with Crippen LogP contribution in [0.5, 0.6) is 0 Å². The molecule has 0 radical (unpaired) electrons. The van der Waals surface area contributed by atoms with Crippen LogP contribution in [-0.2, 0) is 16.1 Å². The maximum absolute atomic E-state index is 12.9. The Bertz CT molecular complexity index is 897. The van der Waals surface area contributed by atoms with Crippen LogP contribution in [-0.4, -0.2) is 54.3 Å². The molecule has 1 aliphatic rings. The third-order valence-corrected chi connectivity index (χ3v) is 5.32. The van der Waals surface area contributed by atoms with Crippen molar-refractivity contribution in [3.8, 4) is 0 Å². The minimum atomic E-state index is -0.662. The quantitative estimate of drug-likeness (QED) is 0.688. The zero-order valence-corrected chi connectivity index (χ0v) is 17.5. The van der Waals surface area contributed by atoms with Crippen molar-refractivity contribution in [3.63, 3.8) is 0 Å². The second-order valence-electron chi connectivity index (χ2n) is 7.86. The molecule has 0 unspecified atom stereocenters. The van der Waals surface area contributed by atoms with Crippen LogP contribution in [0.3, 0.4) is 0 Å². The van der Waals surface area contributed by atoms with Crippen molar-refractivity contribution in [1.29, 1.82) is 0 Å². The smallest absolute Gasteiger partial charge is 0.339 e. The molecule has 1 atom stereocenters. The van der Waals surface area contributed by atoms with Crippen LogP contribution in [0.1, 0.15) is 46.0 Å². The van der Waals surface area contributed by atoms with E-state index in [1.807, 2.05) is 30.3 Å². The molecule has 6 heteroatoms. The normalized spacial score (nSPS) is 16.1. The number of benzene rings is 2. The van der Waals surface area contributed by atoms with Crippen LogP contribution in [0.4, 0.5) is 0 Å². The van der Waals surface area contributed by atoms with Gasteiger partial charge >= 0.3 is 5.97 Å². The molecule has 1 heterocycles. The van der Waals surface area contributed by atoms with Gasteiger partial charge in [-0.1, -0.05) is 49.4 Å². The van der Waals surface area contributed by atoms with Crippen molar-refractivity contribution in [1.82, 2.24) is 9.80 Å². The fraction of sp³-hybridized carbons (Fsp3) is 0.375. The Balaban J connectivity index is 1.64. The van der Waals surface area contributed by atoms with Crippen molar-refractivity contribution < 1.29 is 19.1 Å². The topological polar surface area (TPSA) is 66.9 Å². The van der Waals surface area contributed by atoms with Crippen LogP contribution >= 0.6 is 0 Å². The van der Waals surface area contributed by atoms with Gasteiger partial charge in [0.15, 0.2) is 6.61 Å². The van der Waals surface area contributed by atoms with Gasteiger partial charge in [-0.05, 0) is 36.5 Å². The summed E-state index contributed by atoms with van der Waals surface area (Å²) < 4.78 is 5.27. The summed E-state index contributed by atoms with van der Waals surface area (Å²) >= 11 is 0. The Morgan fingerprint density at radius 1 is 1.03 bits per heavy atom. The van der Waals surface area contributed by atoms with E-state index in [9.17, 15) is 14.4 Å². The molecule has 30 heavy (non-hydrogen) atoms. The zero-order valence-electron chi connectivity index (χ0n) is 17.5. The molecule has 0 bridgehead atoms. The lowest BCUT2D eigenvalue weighted by atomic mass is 10.0. The Labute approximate surface area is 177 Å². The molecule has 1 fully saturated rings. The lowest BCUT2D eigenvalue weighted by molar-refractivity contribution is -0.136. The fourth-order valence-electron chi connectivity index (χ4n) is 3.69. The maximum Gasteiger partial charge on any atom is 0.339 e. The largest absolute Gasteiger partial charge is 0.452 e. The first-order valence-corrected chi connectivity index (χ1v) is 10.3. The maximum atomic E-state index is 12.9. The number of ether oxygens (including phenoxy) is 1. The van der Waals surface area contributed by atoms with E-state index in [1.165, 1.54) is 0 Å². The third kappa shape index (κ3) is 5.47. The molecule has 0 N–H and O–H groups in total. The zero-order chi connectivity index (χ0) is 21.5. The van der Waals surface area contributed by atoms with E-state index in [0.717, 1.165) is 18.4 Å². The van der Waals surface area contributed by atoms with E-state index in [0.29, 0.717) is 25.6 Å². The number of hydrogen-bond donors (Lipinski definition) is 0. The van der Waals surface area contributed by atoms with Gasteiger partial charge in [-0.15, -0.1) is 0 Å². The molecule has 6 nitrogen and oxygen atoms in total. The molecule has 158 valence electrons. The summed E-state index contributed by atoms with van der Waals surface area (Å²) in [7, 11) is 1.69. The number of carbonyl (C=O) groups excluding carboxylic acids is 3. The number of carbonyl (C=O) groups is 3.